The lowest BCUT2D eigenvalue weighted by Gasteiger charge is -2.06. The summed E-state index contributed by atoms with van der Waals surface area (Å²) in [7, 11) is 0. The van der Waals surface area contributed by atoms with Gasteiger partial charge in [-0.25, -0.2) is 0 Å². The smallest absolute Gasteiger partial charge is 0.273 e. The molecular formula is C13H12N4O. The molecule has 1 heterocycles. The second kappa shape index (κ2) is 5.15. The minimum Gasteiger partial charge on any atom is -0.321 e. The Bertz CT molecular complexity index is 609. The standard InChI is InChI=1S/C13H12N4O/c1-2-17-12(6-7-15-17)13(18)16-11-5-3-4-10(8-11)9-14/h3-8H,2H2,1H3,(H,16,18). The lowest BCUT2D eigenvalue weighted by atomic mass is 10.2. The molecule has 0 radical (unpaired) electrons. The maximum absolute atomic E-state index is 12.0. The van der Waals surface area contributed by atoms with Crippen LogP contribution < -0.4 is 5.32 Å². The van der Waals surface area contributed by atoms with Crippen LogP contribution in [0.5, 0.6) is 0 Å². The summed E-state index contributed by atoms with van der Waals surface area (Å²) >= 11 is 0. The van der Waals surface area contributed by atoms with E-state index in [1.165, 1.54) is 0 Å². The fourth-order valence-electron chi connectivity index (χ4n) is 1.64. The van der Waals surface area contributed by atoms with Crippen LogP contribution in [-0.2, 0) is 6.54 Å². The van der Waals surface area contributed by atoms with Gasteiger partial charge < -0.3 is 5.32 Å². The number of rotatable bonds is 3. The number of aromatic nitrogens is 2. The first-order valence-electron chi connectivity index (χ1n) is 5.58. The number of carbonyl (C=O) groups excluding carboxylic acids is 1. The van der Waals surface area contributed by atoms with Gasteiger partial charge in [0.1, 0.15) is 5.69 Å². The van der Waals surface area contributed by atoms with Crippen molar-refractivity contribution < 1.29 is 4.79 Å². The van der Waals surface area contributed by atoms with E-state index in [1.807, 2.05) is 13.0 Å². The monoisotopic (exact) mass is 240 g/mol. The van der Waals surface area contributed by atoms with Gasteiger partial charge in [0.25, 0.3) is 5.91 Å². The first kappa shape index (κ1) is 11.9. The molecule has 2 rings (SSSR count). The van der Waals surface area contributed by atoms with Gasteiger partial charge in [-0.1, -0.05) is 6.07 Å². The van der Waals surface area contributed by atoms with Gasteiger partial charge in [0.05, 0.1) is 11.6 Å². The van der Waals surface area contributed by atoms with Gasteiger partial charge in [0.15, 0.2) is 0 Å². The summed E-state index contributed by atoms with van der Waals surface area (Å²) < 4.78 is 1.61. The molecule has 1 aromatic carbocycles. The van der Waals surface area contributed by atoms with Crippen LogP contribution in [0.3, 0.4) is 0 Å². The molecule has 0 bridgehead atoms. The van der Waals surface area contributed by atoms with Crippen LogP contribution in [0.4, 0.5) is 5.69 Å². The molecule has 0 spiro atoms. The highest BCUT2D eigenvalue weighted by Crippen LogP contribution is 2.11. The summed E-state index contributed by atoms with van der Waals surface area (Å²) in [6.07, 6.45) is 1.59. The lowest BCUT2D eigenvalue weighted by molar-refractivity contribution is 0.101. The van der Waals surface area contributed by atoms with Gasteiger partial charge in [0.2, 0.25) is 0 Å². The predicted molar refractivity (Wildman–Crippen MR) is 67.0 cm³/mol. The lowest BCUT2D eigenvalue weighted by Crippen LogP contribution is -2.17. The van der Waals surface area contributed by atoms with Crippen molar-refractivity contribution in [1.29, 1.82) is 5.26 Å². The fraction of sp³-hybridized carbons (Fsp3) is 0.154. The summed E-state index contributed by atoms with van der Waals surface area (Å²) in [5, 5.41) is 15.6. The quantitative estimate of drug-likeness (QED) is 0.892. The number of aryl methyl sites for hydroxylation is 1. The molecule has 0 saturated carbocycles. The minimum atomic E-state index is -0.232. The van der Waals surface area contributed by atoms with Crippen LogP contribution in [0.15, 0.2) is 36.5 Å². The number of hydrogen-bond donors (Lipinski definition) is 1. The molecule has 5 nitrogen and oxygen atoms in total. The van der Waals surface area contributed by atoms with E-state index in [4.69, 9.17) is 5.26 Å². The normalized spacial score (nSPS) is 9.78. The highest BCUT2D eigenvalue weighted by atomic mass is 16.2. The number of nitrogens with one attached hydrogen (secondary N) is 1. The molecule has 0 aliphatic rings. The van der Waals surface area contributed by atoms with E-state index in [9.17, 15) is 4.79 Å². The molecule has 1 aromatic heterocycles. The van der Waals surface area contributed by atoms with E-state index < -0.39 is 0 Å². The van der Waals surface area contributed by atoms with Crippen LogP contribution in [0, 0.1) is 11.3 Å². The Hall–Kier alpha value is -2.61. The zero-order chi connectivity index (χ0) is 13.0. The molecular weight excluding hydrogens is 228 g/mol. The molecule has 90 valence electrons. The highest BCUT2D eigenvalue weighted by molar-refractivity contribution is 6.03. The third-order valence-corrected chi connectivity index (χ3v) is 2.50. The Balaban J connectivity index is 2.19. The molecule has 0 saturated heterocycles. The average molecular weight is 240 g/mol. The van der Waals surface area contributed by atoms with E-state index in [2.05, 4.69) is 10.4 Å². The van der Waals surface area contributed by atoms with Gasteiger partial charge >= 0.3 is 0 Å². The van der Waals surface area contributed by atoms with Gasteiger partial charge in [-0.3, -0.25) is 9.48 Å². The number of anilines is 1. The third kappa shape index (κ3) is 2.38. The van der Waals surface area contributed by atoms with Gasteiger partial charge in [-0.15, -0.1) is 0 Å². The topological polar surface area (TPSA) is 70.7 Å². The zero-order valence-corrected chi connectivity index (χ0v) is 9.92. The molecule has 0 unspecified atom stereocenters. The van der Waals surface area contributed by atoms with Gasteiger partial charge in [-0.2, -0.15) is 10.4 Å². The number of nitrogens with zero attached hydrogens (tertiary/aromatic N) is 3. The molecule has 2 aromatic rings. The highest BCUT2D eigenvalue weighted by Gasteiger charge is 2.11. The van der Waals surface area contributed by atoms with E-state index in [-0.39, 0.29) is 5.91 Å². The summed E-state index contributed by atoms with van der Waals surface area (Å²) in [6.45, 7) is 2.55. The van der Waals surface area contributed by atoms with E-state index in [0.29, 0.717) is 23.5 Å². The molecule has 18 heavy (non-hydrogen) atoms. The first-order chi connectivity index (χ1) is 8.74. The van der Waals surface area contributed by atoms with Gasteiger partial charge in [-0.05, 0) is 31.2 Å². The van der Waals surface area contributed by atoms with Gasteiger partial charge in [0, 0.05) is 18.4 Å². The number of amides is 1. The summed E-state index contributed by atoms with van der Waals surface area (Å²) in [4.78, 5) is 12.0. The number of carbonyl (C=O) groups is 1. The number of hydrogen-bond acceptors (Lipinski definition) is 3. The summed E-state index contributed by atoms with van der Waals surface area (Å²) in [5.74, 6) is -0.232. The van der Waals surface area contributed by atoms with Crippen molar-refractivity contribution in [2.45, 2.75) is 13.5 Å². The van der Waals surface area contributed by atoms with E-state index >= 15 is 0 Å². The number of benzene rings is 1. The van der Waals surface area contributed by atoms with Crippen LogP contribution in [0.1, 0.15) is 23.0 Å². The van der Waals surface area contributed by atoms with Crippen molar-refractivity contribution >= 4 is 11.6 Å². The van der Waals surface area contributed by atoms with Crippen LogP contribution in [-0.4, -0.2) is 15.7 Å². The largest absolute Gasteiger partial charge is 0.321 e. The molecule has 1 N–H and O–H groups in total. The minimum absolute atomic E-state index is 0.232. The zero-order valence-electron chi connectivity index (χ0n) is 9.92. The Kier molecular flexibility index (Phi) is 3.39. The maximum Gasteiger partial charge on any atom is 0.273 e. The first-order valence-corrected chi connectivity index (χ1v) is 5.58. The SMILES string of the molecule is CCn1nccc1C(=O)Nc1cccc(C#N)c1. The molecule has 1 amide bonds. The van der Waals surface area contributed by atoms with E-state index in [0.717, 1.165) is 0 Å². The molecule has 5 heteroatoms. The van der Waals surface area contributed by atoms with Crippen molar-refractivity contribution in [3.8, 4) is 6.07 Å². The Morgan fingerprint density at radius 3 is 3.06 bits per heavy atom. The van der Waals surface area contributed by atoms with Crippen LogP contribution >= 0.6 is 0 Å². The Morgan fingerprint density at radius 2 is 2.33 bits per heavy atom. The molecule has 0 aliphatic heterocycles. The maximum atomic E-state index is 12.0. The Labute approximate surface area is 105 Å². The second-order valence-electron chi connectivity index (χ2n) is 3.68. The van der Waals surface area contributed by atoms with Crippen molar-refractivity contribution in [2.24, 2.45) is 0 Å². The van der Waals surface area contributed by atoms with E-state index in [1.54, 1.807) is 41.2 Å². The predicted octanol–water partition coefficient (Wildman–Crippen LogP) is 2.03. The summed E-state index contributed by atoms with van der Waals surface area (Å²) in [6, 6.07) is 10.5. The Morgan fingerprint density at radius 1 is 1.50 bits per heavy atom. The summed E-state index contributed by atoms with van der Waals surface area (Å²) in [5.41, 5.74) is 1.61. The average Bonchev–Trinajstić information content (AvgIpc) is 2.87. The molecule has 0 fully saturated rings. The molecule has 0 aliphatic carbocycles. The van der Waals surface area contributed by atoms with Crippen molar-refractivity contribution in [2.75, 3.05) is 5.32 Å². The van der Waals surface area contributed by atoms with Crippen molar-refractivity contribution in [1.82, 2.24) is 9.78 Å². The molecule has 0 atom stereocenters. The number of nitriles is 1. The van der Waals surface area contributed by atoms with Crippen LogP contribution in [0.25, 0.3) is 0 Å². The van der Waals surface area contributed by atoms with Crippen molar-refractivity contribution in [3.63, 3.8) is 0 Å². The third-order valence-electron chi connectivity index (χ3n) is 2.50. The second-order valence-corrected chi connectivity index (χ2v) is 3.68. The van der Waals surface area contributed by atoms with Crippen molar-refractivity contribution in [3.05, 3.63) is 47.8 Å². The van der Waals surface area contributed by atoms with Crippen LogP contribution in [0.2, 0.25) is 0 Å². The fourth-order valence-corrected chi connectivity index (χ4v) is 1.64.